The largest absolute Gasteiger partial charge is 0.490 e. The Balaban J connectivity index is 1.66. The van der Waals surface area contributed by atoms with Gasteiger partial charge in [0.1, 0.15) is 11.6 Å². The van der Waals surface area contributed by atoms with Crippen LogP contribution in [-0.4, -0.2) is 64.7 Å². The lowest BCUT2D eigenvalue weighted by Crippen LogP contribution is -2.45. The average Bonchev–Trinajstić information content (AvgIpc) is 3.52. The number of aromatic nitrogens is 3. The summed E-state index contributed by atoms with van der Waals surface area (Å²) in [5.74, 6) is 0.402. The first-order valence-electron chi connectivity index (χ1n) is 17.7. The summed E-state index contributed by atoms with van der Waals surface area (Å²) in [4.78, 5) is 20.5. The molecule has 1 unspecified atom stereocenters. The third kappa shape index (κ3) is 9.10. The molecular weight excluding hydrogens is 685 g/mol. The molecule has 5 rings (SSSR count). The van der Waals surface area contributed by atoms with Gasteiger partial charge in [0.2, 0.25) is 0 Å². The maximum absolute atomic E-state index is 13.9. The molecule has 2 aromatic heterocycles. The van der Waals surface area contributed by atoms with Crippen LogP contribution in [0.5, 0.6) is 5.75 Å². The van der Waals surface area contributed by atoms with E-state index in [1.54, 1.807) is 34.9 Å². The number of rotatable bonds is 13. The number of hydrogen-bond donors (Lipinski definition) is 0. The fraction of sp³-hybridized carbons (Fsp3) is 0.439. The summed E-state index contributed by atoms with van der Waals surface area (Å²) in [6, 6.07) is 12.5. The molecule has 0 bridgehead atoms. The molecule has 12 heteroatoms. The van der Waals surface area contributed by atoms with Gasteiger partial charge in [-0.25, -0.2) is 9.78 Å². The number of benzene rings is 2. The zero-order valence-corrected chi connectivity index (χ0v) is 31.5. The number of anilines is 1. The molecule has 1 aliphatic rings. The lowest BCUT2D eigenvalue weighted by molar-refractivity contribution is -0.164. The second-order valence-corrected chi connectivity index (χ2v) is 14.6. The van der Waals surface area contributed by atoms with Crippen LogP contribution in [0.1, 0.15) is 76.8 Å². The number of piperidine rings is 1. The Morgan fingerprint density at radius 2 is 1.74 bits per heavy atom. The van der Waals surface area contributed by atoms with Crippen LogP contribution in [0.2, 0.25) is 0 Å². The van der Waals surface area contributed by atoms with Gasteiger partial charge in [-0.2, -0.15) is 22.8 Å². The molecule has 0 spiro atoms. The Morgan fingerprint density at radius 1 is 1.04 bits per heavy atom. The highest BCUT2D eigenvalue weighted by molar-refractivity contribution is 5.81. The number of carbonyl (C=O) groups excluding carboxylic acids is 1. The maximum atomic E-state index is 13.9. The molecule has 3 heterocycles. The molecule has 1 fully saturated rings. The molecule has 0 radical (unpaired) electrons. The van der Waals surface area contributed by atoms with Crippen molar-refractivity contribution in [2.45, 2.75) is 90.4 Å². The highest BCUT2D eigenvalue weighted by Gasteiger charge is 2.38. The zero-order valence-electron chi connectivity index (χ0n) is 31.5. The summed E-state index contributed by atoms with van der Waals surface area (Å²) < 4.78 is 67.3. The number of methoxy groups -OCH3 is 1. The van der Waals surface area contributed by atoms with Gasteiger partial charge in [0, 0.05) is 42.4 Å². The van der Waals surface area contributed by atoms with E-state index >= 15 is 0 Å². The minimum atomic E-state index is -4.54. The van der Waals surface area contributed by atoms with Crippen LogP contribution in [0.25, 0.3) is 28.0 Å². The van der Waals surface area contributed by atoms with E-state index in [9.17, 15) is 18.0 Å². The predicted molar refractivity (Wildman–Crippen MR) is 200 cm³/mol. The number of aryl methyl sites for hydroxylation is 1. The quantitative estimate of drug-likeness (QED) is 0.0993. The van der Waals surface area contributed by atoms with Crippen LogP contribution < -0.4 is 9.64 Å². The molecule has 0 aliphatic carbocycles. The van der Waals surface area contributed by atoms with E-state index in [0.29, 0.717) is 89.8 Å². The molecule has 2 aromatic carbocycles. The summed E-state index contributed by atoms with van der Waals surface area (Å²) in [5, 5.41) is 5.03. The number of halogens is 3. The van der Waals surface area contributed by atoms with Crippen molar-refractivity contribution in [1.29, 1.82) is 0 Å². The molecular formula is C41H49F3N4O5. The summed E-state index contributed by atoms with van der Waals surface area (Å²) >= 11 is 0. The van der Waals surface area contributed by atoms with Gasteiger partial charge in [0.25, 0.3) is 0 Å². The summed E-state index contributed by atoms with van der Waals surface area (Å²) in [5.41, 5.74) is 1.80. The van der Waals surface area contributed by atoms with E-state index in [-0.39, 0.29) is 11.7 Å². The van der Waals surface area contributed by atoms with E-state index in [2.05, 4.69) is 25.0 Å². The standard InChI is InChI=1S/C41H49F3N4O5/c1-10-13-26(3)52-33-17-16-30(41(42,43)44)24-31(33)28-14-12-15-29(23-28)32-25-34-45-27(4)35(36(38(49)50-9)53-39(5,6)7)37(48(34)46-32)47-20-18-40(8,19-21-47)51-22-11-2/h10-12,14-17,23-26,36H,1-2,13,18-22H2,3-9H3/t26-,36?/m0/s1. The number of carbonyl (C=O) groups is 1. The first-order valence-corrected chi connectivity index (χ1v) is 17.7. The Hall–Kier alpha value is -4.68. The summed E-state index contributed by atoms with van der Waals surface area (Å²) in [6.07, 6.45) is -0.575. The topological polar surface area (TPSA) is 87.4 Å². The highest BCUT2D eigenvalue weighted by atomic mass is 19.4. The minimum absolute atomic E-state index is 0.300. The summed E-state index contributed by atoms with van der Waals surface area (Å²) in [7, 11) is 1.32. The third-order valence-corrected chi connectivity index (χ3v) is 9.23. The van der Waals surface area contributed by atoms with Crippen molar-refractivity contribution < 1.29 is 36.9 Å². The molecule has 53 heavy (non-hydrogen) atoms. The van der Waals surface area contributed by atoms with E-state index in [1.165, 1.54) is 13.2 Å². The molecule has 0 amide bonds. The zero-order chi connectivity index (χ0) is 38.7. The summed E-state index contributed by atoms with van der Waals surface area (Å²) in [6.45, 7) is 20.5. The van der Waals surface area contributed by atoms with Gasteiger partial charge < -0.3 is 23.8 Å². The van der Waals surface area contributed by atoms with Crippen LogP contribution in [0.4, 0.5) is 19.0 Å². The molecule has 0 N–H and O–H groups in total. The number of hydrogen-bond acceptors (Lipinski definition) is 8. The third-order valence-electron chi connectivity index (χ3n) is 9.23. The smallest absolute Gasteiger partial charge is 0.416 e. The van der Waals surface area contributed by atoms with Gasteiger partial charge in [-0.3, -0.25) is 0 Å². The molecule has 2 atom stereocenters. The van der Waals surface area contributed by atoms with Crippen molar-refractivity contribution in [2.75, 3.05) is 31.7 Å². The minimum Gasteiger partial charge on any atom is -0.490 e. The molecule has 1 saturated heterocycles. The van der Waals surface area contributed by atoms with Gasteiger partial charge in [0.05, 0.1) is 47.8 Å². The Morgan fingerprint density at radius 3 is 2.36 bits per heavy atom. The monoisotopic (exact) mass is 734 g/mol. The number of alkyl halides is 3. The first kappa shape index (κ1) is 39.5. The molecule has 1 aliphatic heterocycles. The first-order chi connectivity index (χ1) is 25.0. The Bertz CT molecular complexity index is 1960. The van der Waals surface area contributed by atoms with E-state index in [4.69, 9.17) is 29.0 Å². The average molecular weight is 735 g/mol. The fourth-order valence-electron chi connectivity index (χ4n) is 6.53. The lowest BCUT2D eigenvalue weighted by atomic mass is 9.92. The fourth-order valence-corrected chi connectivity index (χ4v) is 6.53. The predicted octanol–water partition coefficient (Wildman–Crippen LogP) is 9.32. The van der Waals surface area contributed by atoms with Crippen molar-refractivity contribution in [2.24, 2.45) is 0 Å². The van der Waals surface area contributed by atoms with Gasteiger partial charge in [-0.15, -0.1) is 13.2 Å². The second kappa shape index (κ2) is 15.7. The van der Waals surface area contributed by atoms with Crippen LogP contribution in [0.3, 0.4) is 0 Å². The Kier molecular flexibility index (Phi) is 11.7. The molecule has 284 valence electrons. The molecule has 0 saturated carbocycles. The molecule has 9 nitrogen and oxygen atoms in total. The number of fused-ring (bicyclic) bond motifs is 1. The van der Waals surface area contributed by atoms with Crippen LogP contribution in [0.15, 0.2) is 73.8 Å². The van der Waals surface area contributed by atoms with E-state index in [0.717, 1.165) is 12.1 Å². The van der Waals surface area contributed by atoms with Gasteiger partial charge in [0.15, 0.2) is 11.8 Å². The SMILES string of the molecule is C=CCOC1(C)CCN(c2c(C(OC(C)(C)C)C(=O)OC)c(C)nc3cc(-c4cccc(-c5cc(C(F)(F)F)ccc5O[C@@H](C)CC=C)c4)nn23)CC1. The molecule has 4 aromatic rings. The van der Waals surface area contributed by atoms with Gasteiger partial charge in [-0.1, -0.05) is 30.4 Å². The van der Waals surface area contributed by atoms with E-state index < -0.39 is 29.4 Å². The number of esters is 1. The van der Waals surface area contributed by atoms with Crippen molar-refractivity contribution >= 4 is 17.4 Å². The van der Waals surface area contributed by atoms with Gasteiger partial charge in [-0.05, 0) is 84.2 Å². The van der Waals surface area contributed by atoms with Crippen molar-refractivity contribution in [3.05, 3.63) is 90.7 Å². The maximum Gasteiger partial charge on any atom is 0.416 e. The highest BCUT2D eigenvalue weighted by Crippen LogP contribution is 2.41. The van der Waals surface area contributed by atoms with Crippen molar-refractivity contribution in [3.8, 4) is 28.1 Å². The normalized spacial score (nSPS) is 15.9. The van der Waals surface area contributed by atoms with Gasteiger partial charge >= 0.3 is 12.1 Å². The van der Waals surface area contributed by atoms with Crippen LogP contribution >= 0.6 is 0 Å². The van der Waals surface area contributed by atoms with Crippen molar-refractivity contribution in [1.82, 2.24) is 14.6 Å². The Labute approximate surface area is 309 Å². The van der Waals surface area contributed by atoms with Crippen LogP contribution in [0, 0.1) is 6.92 Å². The lowest BCUT2D eigenvalue weighted by Gasteiger charge is -2.41. The van der Waals surface area contributed by atoms with Crippen molar-refractivity contribution in [3.63, 3.8) is 0 Å². The number of nitrogens with zero attached hydrogens (tertiary/aromatic N) is 4. The number of ether oxygens (including phenoxy) is 4. The van der Waals surface area contributed by atoms with E-state index in [1.807, 2.05) is 46.8 Å². The second-order valence-electron chi connectivity index (χ2n) is 14.6. The van der Waals surface area contributed by atoms with Crippen LogP contribution in [-0.2, 0) is 25.2 Å².